The van der Waals surface area contributed by atoms with Crippen molar-refractivity contribution in [3.05, 3.63) is 35.6 Å². The molecule has 0 spiro atoms. The lowest BCUT2D eigenvalue weighted by Gasteiger charge is -2.46. The molecule has 1 fully saturated rings. The van der Waals surface area contributed by atoms with Crippen LogP contribution in [0.3, 0.4) is 0 Å². The third kappa shape index (κ3) is 2.22. The molecule has 0 N–H and O–H groups in total. The van der Waals surface area contributed by atoms with Gasteiger partial charge in [0.05, 0.1) is 6.04 Å². The van der Waals surface area contributed by atoms with Crippen molar-refractivity contribution < 1.29 is 13.9 Å². The molecule has 0 radical (unpaired) electrons. The summed E-state index contributed by atoms with van der Waals surface area (Å²) in [6, 6.07) is 6.13. The van der Waals surface area contributed by atoms with E-state index in [1.807, 2.05) is 0 Å². The minimum atomic E-state index is -0.586. The monoisotopic (exact) mass is 271 g/mol. The summed E-state index contributed by atoms with van der Waals surface area (Å²) in [6.45, 7) is 0.529. The van der Waals surface area contributed by atoms with Gasteiger partial charge in [0.2, 0.25) is 0 Å². The second kappa shape index (κ2) is 5.67. The quantitative estimate of drug-likeness (QED) is 0.608. The van der Waals surface area contributed by atoms with Gasteiger partial charge in [-0.25, -0.2) is 4.39 Å². The van der Waals surface area contributed by atoms with Crippen LogP contribution >= 0.6 is 11.6 Å². The van der Waals surface area contributed by atoms with Crippen LogP contribution in [0.2, 0.25) is 0 Å². The van der Waals surface area contributed by atoms with Crippen LogP contribution in [0.4, 0.5) is 4.39 Å². The first-order valence-electron chi connectivity index (χ1n) is 5.84. The Kier molecular flexibility index (Phi) is 4.19. The molecule has 5 heteroatoms. The summed E-state index contributed by atoms with van der Waals surface area (Å²) < 4.78 is 18.9. The molecule has 0 aromatic heterocycles. The van der Waals surface area contributed by atoms with E-state index >= 15 is 0 Å². The van der Waals surface area contributed by atoms with Crippen molar-refractivity contribution in [2.45, 2.75) is 18.6 Å². The number of carbonyl (C=O) groups is 1. The molecule has 1 aliphatic heterocycles. The van der Waals surface area contributed by atoms with Gasteiger partial charge in [-0.1, -0.05) is 18.2 Å². The average Bonchev–Trinajstić information content (AvgIpc) is 2.37. The number of carbonyl (C=O) groups excluding carboxylic acids is 1. The van der Waals surface area contributed by atoms with Crippen LogP contribution < -0.4 is 0 Å². The smallest absolute Gasteiger partial charge is 0.254 e. The number of amides is 1. The van der Waals surface area contributed by atoms with E-state index in [9.17, 15) is 9.18 Å². The lowest BCUT2D eigenvalue weighted by Crippen LogP contribution is -2.59. The maximum absolute atomic E-state index is 13.8. The predicted molar refractivity (Wildman–Crippen MR) is 67.0 cm³/mol. The summed E-state index contributed by atoms with van der Waals surface area (Å²) >= 11 is 5.63. The fourth-order valence-electron chi connectivity index (χ4n) is 2.27. The molecule has 1 amide bonds. The number of hydrogen-bond donors (Lipinski definition) is 0. The molecule has 2 atom stereocenters. The Labute approximate surface area is 110 Å². The minimum Gasteiger partial charge on any atom is -0.369 e. The molecule has 1 heterocycles. The fourth-order valence-corrected chi connectivity index (χ4v) is 2.39. The molecular weight excluding hydrogens is 257 g/mol. The Morgan fingerprint density at radius 2 is 2.17 bits per heavy atom. The normalized spacial score (nSPS) is 23.1. The molecule has 0 bridgehead atoms. The first-order valence-corrected chi connectivity index (χ1v) is 6.37. The largest absolute Gasteiger partial charge is 0.369 e. The van der Waals surface area contributed by atoms with E-state index < -0.39 is 6.10 Å². The van der Waals surface area contributed by atoms with E-state index in [4.69, 9.17) is 16.3 Å². The lowest BCUT2D eigenvalue weighted by atomic mass is 9.90. The minimum absolute atomic E-state index is 0.101. The molecule has 1 aliphatic rings. The van der Waals surface area contributed by atoms with Gasteiger partial charge in [0.25, 0.3) is 5.91 Å². The van der Waals surface area contributed by atoms with Crippen molar-refractivity contribution in [3.8, 4) is 0 Å². The van der Waals surface area contributed by atoms with E-state index in [-0.39, 0.29) is 17.8 Å². The highest BCUT2D eigenvalue weighted by atomic mass is 35.5. The highest BCUT2D eigenvalue weighted by Gasteiger charge is 2.48. The van der Waals surface area contributed by atoms with Gasteiger partial charge in [0, 0.05) is 25.1 Å². The molecule has 1 aromatic carbocycles. The summed E-state index contributed by atoms with van der Waals surface area (Å²) in [4.78, 5) is 13.4. The van der Waals surface area contributed by atoms with Crippen LogP contribution in [0.25, 0.3) is 0 Å². The Balaban J connectivity index is 2.22. The van der Waals surface area contributed by atoms with Crippen molar-refractivity contribution in [3.63, 3.8) is 0 Å². The summed E-state index contributed by atoms with van der Waals surface area (Å²) in [5.74, 6) is 0.0644. The Morgan fingerprint density at radius 3 is 2.78 bits per heavy atom. The Hall–Kier alpha value is -1.13. The highest BCUT2D eigenvalue weighted by Crippen LogP contribution is 2.37. The molecule has 98 valence electrons. The average molecular weight is 272 g/mol. The molecule has 2 rings (SSSR count). The third-order valence-electron chi connectivity index (χ3n) is 3.16. The first-order chi connectivity index (χ1) is 8.70. The van der Waals surface area contributed by atoms with E-state index in [2.05, 4.69) is 0 Å². The fraction of sp³-hybridized carbons (Fsp3) is 0.462. The van der Waals surface area contributed by atoms with Crippen molar-refractivity contribution >= 4 is 17.5 Å². The molecule has 0 aliphatic carbocycles. The van der Waals surface area contributed by atoms with Gasteiger partial charge in [-0.2, -0.15) is 0 Å². The van der Waals surface area contributed by atoms with Gasteiger partial charge in [-0.3, -0.25) is 4.79 Å². The number of β-lactam (4-membered cyclic amide) rings is 1. The van der Waals surface area contributed by atoms with Gasteiger partial charge in [0.15, 0.2) is 6.10 Å². The van der Waals surface area contributed by atoms with Crippen molar-refractivity contribution in [2.24, 2.45) is 0 Å². The zero-order valence-electron chi connectivity index (χ0n) is 10.1. The van der Waals surface area contributed by atoms with Crippen LogP contribution in [0.15, 0.2) is 24.3 Å². The topological polar surface area (TPSA) is 29.5 Å². The number of benzene rings is 1. The molecule has 1 aromatic rings. The number of halogens is 2. The van der Waals surface area contributed by atoms with Crippen LogP contribution in [-0.4, -0.2) is 36.4 Å². The maximum Gasteiger partial charge on any atom is 0.254 e. The zero-order valence-corrected chi connectivity index (χ0v) is 10.9. The van der Waals surface area contributed by atoms with Gasteiger partial charge < -0.3 is 9.64 Å². The van der Waals surface area contributed by atoms with Gasteiger partial charge in [-0.15, -0.1) is 11.6 Å². The Morgan fingerprint density at radius 1 is 1.44 bits per heavy atom. The van der Waals surface area contributed by atoms with Crippen molar-refractivity contribution in [1.29, 1.82) is 0 Å². The zero-order chi connectivity index (χ0) is 13.1. The van der Waals surface area contributed by atoms with E-state index in [0.717, 1.165) is 0 Å². The number of ether oxygens (including phenoxy) is 1. The number of nitrogens with zero attached hydrogens (tertiary/aromatic N) is 1. The molecule has 3 nitrogen and oxygen atoms in total. The van der Waals surface area contributed by atoms with Crippen LogP contribution in [0, 0.1) is 5.82 Å². The van der Waals surface area contributed by atoms with Gasteiger partial charge >= 0.3 is 0 Å². The third-order valence-corrected chi connectivity index (χ3v) is 3.43. The lowest BCUT2D eigenvalue weighted by molar-refractivity contribution is -0.171. The Bertz CT molecular complexity index is 441. The van der Waals surface area contributed by atoms with E-state index in [1.165, 1.54) is 13.2 Å². The molecule has 0 unspecified atom stereocenters. The molecular formula is C13H15ClFNO2. The van der Waals surface area contributed by atoms with Crippen LogP contribution in [0.1, 0.15) is 18.0 Å². The predicted octanol–water partition coefficient (Wildman–Crippen LogP) is 2.35. The second-order valence-corrected chi connectivity index (χ2v) is 4.57. The summed E-state index contributed by atoms with van der Waals surface area (Å²) in [6.07, 6.45) is 0.103. The molecule has 1 saturated heterocycles. The summed E-state index contributed by atoms with van der Waals surface area (Å²) in [5, 5.41) is 0. The first kappa shape index (κ1) is 13.3. The summed E-state index contributed by atoms with van der Waals surface area (Å²) in [7, 11) is 1.47. The van der Waals surface area contributed by atoms with E-state index in [0.29, 0.717) is 24.4 Å². The van der Waals surface area contributed by atoms with Crippen molar-refractivity contribution in [2.75, 3.05) is 19.5 Å². The van der Waals surface area contributed by atoms with Gasteiger partial charge in [-0.05, 0) is 12.5 Å². The highest BCUT2D eigenvalue weighted by molar-refractivity contribution is 6.17. The SMILES string of the molecule is CO[C@@H]1C(=O)N(CCCCl)[C@@H]1c1ccccc1F. The number of rotatable bonds is 5. The standard InChI is InChI=1S/C13H15ClFNO2/c1-18-12-11(9-5-2-3-6-10(9)15)16(13(12)17)8-4-7-14/h2-3,5-6,11-12H,4,7-8H2,1H3/t11-,12+/m1/s1. The second-order valence-electron chi connectivity index (χ2n) is 4.20. The number of hydrogen-bond acceptors (Lipinski definition) is 2. The number of alkyl halides is 1. The number of methoxy groups -OCH3 is 1. The molecule has 0 saturated carbocycles. The van der Waals surface area contributed by atoms with E-state index in [1.54, 1.807) is 23.1 Å². The van der Waals surface area contributed by atoms with Crippen molar-refractivity contribution in [1.82, 2.24) is 4.90 Å². The number of likely N-dealkylation sites (tertiary alicyclic amines) is 1. The van der Waals surface area contributed by atoms with Gasteiger partial charge in [0.1, 0.15) is 5.82 Å². The molecule has 18 heavy (non-hydrogen) atoms. The summed E-state index contributed by atoms with van der Waals surface area (Å²) in [5.41, 5.74) is 0.499. The maximum atomic E-state index is 13.8. The van der Waals surface area contributed by atoms with Crippen LogP contribution in [0.5, 0.6) is 0 Å². The van der Waals surface area contributed by atoms with Crippen LogP contribution in [-0.2, 0) is 9.53 Å².